The molecule has 36 heavy (non-hydrogen) atoms. The Hall–Kier alpha value is -3.81. The highest BCUT2D eigenvalue weighted by Gasteiger charge is 2.31. The number of aromatic amines is 1. The number of piperidine rings is 1. The number of H-pyrrole nitrogens is 1. The van der Waals surface area contributed by atoms with Crippen LogP contribution in [0.4, 0.5) is 4.79 Å². The zero-order valence-electron chi connectivity index (χ0n) is 20.4. The van der Waals surface area contributed by atoms with Gasteiger partial charge in [-0.15, -0.1) is 0 Å². The van der Waals surface area contributed by atoms with E-state index >= 15 is 0 Å². The van der Waals surface area contributed by atoms with Gasteiger partial charge in [0.2, 0.25) is 5.91 Å². The fraction of sp³-hybridized carbons (Fsp3) is 0.393. The van der Waals surface area contributed by atoms with E-state index in [1.807, 2.05) is 71.8 Å². The molecule has 0 bridgehead atoms. The van der Waals surface area contributed by atoms with Crippen molar-refractivity contribution in [1.82, 2.24) is 24.7 Å². The number of benzene rings is 2. The summed E-state index contributed by atoms with van der Waals surface area (Å²) in [6, 6.07) is 19.1. The number of aromatic nitrogens is 2. The Bertz CT molecular complexity index is 1230. The lowest BCUT2D eigenvalue weighted by molar-refractivity contribution is -0.133. The summed E-state index contributed by atoms with van der Waals surface area (Å²) >= 11 is 0. The molecule has 3 aromatic rings. The number of carbonyl (C=O) groups is 2. The van der Waals surface area contributed by atoms with Crippen LogP contribution in [0.5, 0.6) is 0 Å². The summed E-state index contributed by atoms with van der Waals surface area (Å²) in [5.74, 6) is -0.00749. The summed E-state index contributed by atoms with van der Waals surface area (Å²) in [5.41, 5.74) is 2.74. The summed E-state index contributed by atoms with van der Waals surface area (Å²) in [5, 5.41) is 3.01. The lowest BCUT2D eigenvalue weighted by Gasteiger charge is -2.33. The van der Waals surface area contributed by atoms with Crippen molar-refractivity contribution in [1.29, 1.82) is 0 Å². The van der Waals surface area contributed by atoms with Crippen molar-refractivity contribution >= 4 is 11.9 Å². The number of carbonyl (C=O) groups excluding carboxylic acids is 2. The SMILES string of the molecule is O=C(N[C@@H]1CCCCN(Cc2ccccc2)C1=O)N1CCC(n2cc(-c3ccccc3)[nH]c2=O)CC1. The van der Waals surface area contributed by atoms with Crippen LogP contribution < -0.4 is 11.0 Å². The third-order valence-corrected chi connectivity index (χ3v) is 7.27. The Balaban J connectivity index is 1.17. The van der Waals surface area contributed by atoms with Gasteiger partial charge in [0.05, 0.1) is 5.69 Å². The molecule has 2 fully saturated rings. The van der Waals surface area contributed by atoms with Crippen LogP contribution in [0.25, 0.3) is 11.3 Å². The summed E-state index contributed by atoms with van der Waals surface area (Å²) < 4.78 is 1.76. The van der Waals surface area contributed by atoms with Gasteiger partial charge in [0.15, 0.2) is 0 Å². The third-order valence-electron chi connectivity index (χ3n) is 7.27. The van der Waals surface area contributed by atoms with E-state index in [1.54, 1.807) is 9.47 Å². The van der Waals surface area contributed by atoms with Gasteiger partial charge in [-0.2, -0.15) is 0 Å². The molecule has 2 aliphatic heterocycles. The van der Waals surface area contributed by atoms with Crippen LogP contribution >= 0.6 is 0 Å². The van der Waals surface area contributed by atoms with Crippen molar-refractivity contribution in [3.8, 4) is 11.3 Å². The summed E-state index contributed by atoms with van der Waals surface area (Å²) in [4.78, 5) is 45.4. The molecule has 3 amide bonds. The molecule has 8 heteroatoms. The molecule has 0 radical (unpaired) electrons. The van der Waals surface area contributed by atoms with Crippen molar-refractivity contribution in [2.45, 2.75) is 50.7 Å². The Morgan fingerprint density at radius 2 is 1.58 bits per heavy atom. The van der Waals surface area contributed by atoms with Crippen LogP contribution in [0.2, 0.25) is 0 Å². The molecule has 1 aromatic heterocycles. The normalized spacial score (nSPS) is 19.2. The van der Waals surface area contributed by atoms with Crippen molar-refractivity contribution in [3.05, 3.63) is 82.9 Å². The first-order valence-electron chi connectivity index (χ1n) is 12.8. The largest absolute Gasteiger partial charge is 0.337 e. The maximum atomic E-state index is 13.2. The highest BCUT2D eigenvalue weighted by atomic mass is 16.2. The number of nitrogens with one attached hydrogen (secondary N) is 2. The van der Waals surface area contributed by atoms with E-state index in [1.165, 1.54) is 0 Å². The second-order valence-corrected chi connectivity index (χ2v) is 9.71. The fourth-order valence-corrected chi connectivity index (χ4v) is 5.23. The molecule has 8 nitrogen and oxygen atoms in total. The van der Waals surface area contributed by atoms with Crippen LogP contribution in [0.15, 0.2) is 71.7 Å². The molecule has 2 N–H and O–H groups in total. The Morgan fingerprint density at radius 1 is 0.889 bits per heavy atom. The molecule has 0 unspecified atom stereocenters. The minimum Gasteiger partial charge on any atom is -0.337 e. The number of hydrogen-bond donors (Lipinski definition) is 2. The maximum Gasteiger partial charge on any atom is 0.326 e. The van der Waals surface area contributed by atoms with Crippen LogP contribution in [-0.4, -0.2) is 57.0 Å². The van der Waals surface area contributed by atoms with Crippen molar-refractivity contribution in [2.75, 3.05) is 19.6 Å². The van der Waals surface area contributed by atoms with E-state index in [9.17, 15) is 14.4 Å². The topological polar surface area (TPSA) is 90.4 Å². The first-order valence-corrected chi connectivity index (χ1v) is 12.8. The summed E-state index contributed by atoms with van der Waals surface area (Å²) in [6.07, 6.45) is 5.77. The quantitative estimate of drug-likeness (QED) is 0.574. The lowest BCUT2D eigenvalue weighted by Crippen LogP contribution is -2.53. The standard InChI is InChI=1S/C28H33N5O3/c34-26-24(13-7-8-16-32(26)19-21-9-3-1-4-10-21)29-27(35)31-17-14-23(15-18-31)33-20-25(30-28(33)36)22-11-5-2-6-12-22/h1-6,9-12,20,23-24H,7-8,13-19H2,(H,29,35)(H,30,36)/t24-/m1/s1. The number of rotatable bonds is 5. The lowest BCUT2D eigenvalue weighted by atomic mass is 10.0. The molecule has 2 saturated heterocycles. The molecule has 2 aromatic carbocycles. The van der Waals surface area contributed by atoms with Crippen LogP contribution in [0.1, 0.15) is 43.7 Å². The average molecular weight is 488 g/mol. The minimum absolute atomic E-state index is 0.00749. The van der Waals surface area contributed by atoms with Crippen molar-refractivity contribution in [3.63, 3.8) is 0 Å². The number of nitrogens with zero attached hydrogens (tertiary/aromatic N) is 3. The highest BCUT2D eigenvalue weighted by molar-refractivity contribution is 5.87. The molecule has 3 heterocycles. The van der Waals surface area contributed by atoms with Gasteiger partial charge >= 0.3 is 11.7 Å². The molecule has 2 aliphatic rings. The minimum atomic E-state index is -0.498. The van der Waals surface area contributed by atoms with E-state index in [0.29, 0.717) is 45.4 Å². The van der Waals surface area contributed by atoms with E-state index in [0.717, 1.165) is 29.7 Å². The van der Waals surface area contributed by atoms with E-state index in [-0.39, 0.29) is 23.7 Å². The van der Waals surface area contributed by atoms with Crippen molar-refractivity contribution in [2.24, 2.45) is 0 Å². The van der Waals surface area contributed by atoms with Gasteiger partial charge in [-0.1, -0.05) is 60.7 Å². The first kappa shape index (κ1) is 23.9. The second-order valence-electron chi connectivity index (χ2n) is 9.71. The summed E-state index contributed by atoms with van der Waals surface area (Å²) in [7, 11) is 0. The third kappa shape index (κ3) is 5.37. The van der Waals surface area contributed by atoms with Gasteiger partial charge in [-0.25, -0.2) is 9.59 Å². The van der Waals surface area contributed by atoms with Gasteiger partial charge in [-0.3, -0.25) is 9.36 Å². The van der Waals surface area contributed by atoms with Gasteiger partial charge in [0.1, 0.15) is 6.04 Å². The van der Waals surface area contributed by atoms with Gasteiger partial charge < -0.3 is 20.1 Å². The predicted octanol–water partition coefficient (Wildman–Crippen LogP) is 3.77. The molecular weight excluding hydrogens is 454 g/mol. The van der Waals surface area contributed by atoms with Crippen molar-refractivity contribution < 1.29 is 9.59 Å². The molecule has 0 saturated carbocycles. The predicted molar refractivity (Wildman–Crippen MR) is 138 cm³/mol. The summed E-state index contributed by atoms with van der Waals surface area (Å²) in [6.45, 7) is 2.36. The smallest absolute Gasteiger partial charge is 0.326 e. The monoisotopic (exact) mass is 487 g/mol. The number of amides is 3. The van der Waals surface area contributed by atoms with E-state index in [2.05, 4.69) is 10.3 Å². The van der Waals surface area contributed by atoms with E-state index < -0.39 is 6.04 Å². The van der Waals surface area contributed by atoms with Crippen LogP contribution in [-0.2, 0) is 11.3 Å². The zero-order valence-corrected chi connectivity index (χ0v) is 20.4. The van der Waals surface area contributed by atoms with Crippen LogP contribution in [0, 0.1) is 0 Å². The average Bonchev–Trinajstić information content (AvgIpc) is 3.23. The number of imidazole rings is 1. The number of hydrogen-bond acceptors (Lipinski definition) is 3. The van der Waals surface area contributed by atoms with Gasteiger partial charge in [0.25, 0.3) is 0 Å². The second kappa shape index (κ2) is 10.8. The number of likely N-dealkylation sites (tertiary alicyclic amines) is 2. The van der Waals surface area contributed by atoms with Crippen LogP contribution in [0.3, 0.4) is 0 Å². The Kier molecular flexibility index (Phi) is 7.21. The first-order chi connectivity index (χ1) is 17.6. The Labute approximate surface area is 210 Å². The number of urea groups is 1. The molecule has 5 rings (SSSR count). The molecule has 188 valence electrons. The zero-order chi connectivity index (χ0) is 24.9. The molecule has 0 spiro atoms. The molecular formula is C28H33N5O3. The molecule has 1 atom stereocenters. The molecule has 0 aliphatic carbocycles. The fourth-order valence-electron chi connectivity index (χ4n) is 5.23. The maximum absolute atomic E-state index is 13.2. The van der Waals surface area contributed by atoms with Gasteiger partial charge in [0, 0.05) is 38.4 Å². The highest BCUT2D eigenvalue weighted by Crippen LogP contribution is 2.24. The van der Waals surface area contributed by atoms with E-state index in [4.69, 9.17) is 0 Å². The van der Waals surface area contributed by atoms with Gasteiger partial charge in [-0.05, 0) is 43.2 Å². The Morgan fingerprint density at radius 3 is 2.31 bits per heavy atom.